The quantitative estimate of drug-likeness (QED) is 0.769. The van der Waals surface area contributed by atoms with Crippen LogP contribution in [0.1, 0.15) is 42.7 Å². The van der Waals surface area contributed by atoms with Crippen molar-refractivity contribution < 1.29 is 27.8 Å². The summed E-state index contributed by atoms with van der Waals surface area (Å²) in [6.45, 7) is 5.07. The third-order valence-electron chi connectivity index (χ3n) is 5.28. The maximum atomic E-state index is 14.3. The molecule has 0 radical (unpaired) electrons. The number of ketones is 1. The van der Waals surface area contributed by atoms with Gasteiger partial charge in [-0.1, -0.05) is 13.0 Å². The summed E-state index contributed by atoms with van der Waals surface area (Å²) in [5.41, 5.74) is 0.972. The number of halogens is 2. The predicted octanol–water partition coefficient (Wildman–Crippen LogP) is 3.72. The van der Waals surface area contributed by atoms with E-state index in [0.29, 0.717) is 11.3 Å². The number of Topliss-reactive ketones (excluding diaryl/α,β-unsaturated/α-hetero) is 1. The van der Waals surface area contributed by atoms with Crippen LogP contribution in [0, 0.1) is 17.6 Å². The number of anilines is 1. The normalized spacial score (nSPS) is 23.7. The Labute approximate surface area is 167 Å². The summed E-state index contributed by atoms with van der Waals surface area (Å²) in [4.78, 5) is 28.4. The van der Waals surface area contributed by atoms with E-state index in [1.165, 1.54) is 32.4 Å². The molecule has 0 aliphatic carbocycles. The number of aromatic nitrogens is 1. The van der Waals surface area contributed by atoms with Crippen LogP contribution in [0.25, 0.3) is 0 Å². The molecule has 1 aromatic carbocycles. The molecule has 154 valence electrons. The van der Waals surface area contributed by atoms with Crippen LogP contribution in [0.2, 0.25) is 0 Å². The van der Waals surface area contributed by atoms with Gasteiger partial charge in [0.1, 0.15) is 11.8 Å². The van der Waals surface area contributed by atoms with Crippen LogP contribution in [0.15, 0.2) is 30.5 Å². The predicted molar refractivity (Wildman–Crippen MR) is 102 cm³/mol. The summed E-state index contributed by atoms with van der Waals surface area (Å²) >= 11 is 0. The van der Waals surface area contributed by atoms with Gasteiger partial charge in [-0.3, -0.25) is 14.6 Å². The highest BCUT2D eigenvalue weighted by Crippen LogP contribution is 2.44. The molecule has 1 aromatic heterocycles. The van der Waals surface area contributed by atoms with Gasteiger partial charge in [-0.05, 0) is 31.0 Å². The number of nitrogens with zero attached hydrogens (tertiary/aromatic N) is 1. The Hall–Kier alpha value is -2.87. The standard InChI is InChI=1S/C21H22F2N2O4/c1-10-12(3)29-20(17(10)14-5-6-15(22)18(23)19(14)28-4)21(27)25-13-7-8-24-16(9-13)11(2)26/h5-10,12,17,20H,1-4H3,(H,24,25,27)/t10-,12+,17+,20-/m1/s1. The first-order valence-corrected chi connectivity index (χ1v) is 9.19. The molecule has 1 fully saturated rings. The van der Waals surface area contributed by atoms with Crippen LogP contribution in [0.5, 0.6) is 5.75 Å². The minimum absolute atomic E-state index is 0.158. The van der Waals surface area contributed by atoms with E-state index in [2.05, 4.69) is 10.3 Å². The summed E-state index contributed by atoms with van der Waals surface area (Å²) in [5.74, 6) is -3.77. The van der Waals surface area contributed by atoms with Crippen molar-refractivity contribution in [2.75, 3.05) is 12.4 Å². The molecule has 0 saturated carbocycles. The average Bonchev–Trinajstić information content (AvgIpc) is 2.99. The Morgan fingerprint density at radius 2 is 1.93 bits per heavy atom. The van der Waals surface area contributed by atoms with Gasteiger partial charge < -0.3 is 14.8 Å². The minimum Gasteiger partial charge on any atom is -0.493 e. The number of carbonyl (C=O) groups is 2. The fourth-order valence-corrected chi connectivity index (χ4v) is 3.61. The molecule has 1 saturated heterocycles. The lowest BCUT2D eigenvalue weighted by molar-refractivity contribution is -0.127. The number of methoxy groups -OCH3 is 1. The molecule has 0 unspecified atom stereocenters. The van der Waals surface area contributed by atoms with Gasteiger partial charge in [0.05, 0.1) is 13.2 Å². The molecule has 0 bridgehead atoms. The number of rotatable bonds is 5. The lowest BCUT2D eigenvalue weighted by Gasteiger charge is -2.23. The highest BCUT2D eigenvalue weighted by Gasteiger charge is 2.46. The Balaban J connectivity index is 1.94. The second-order valence-corrected chi connectivity index (χ2v) is 7.11. The average molecular weight is 404 g/mol. The van der Waals surface area contributed by atoms with E-state index in [1.54, 1.807) is 6.07 Å². The Morgan fingerprint density at radius 1 is 1.21 bits per heavy atom. The lowest BCUT2D eigenvalue weighted by atomic mass is 9.82. The van der Waals surface area contributed by atoms with Crippen molar-refractivity contribution in [2.45, 2.75) is 38.9 Å². The van der Waals surface area contributed by atoms with Gasteiger partial charge in [-0.2, -0.15) is 4.39 Å². The van der Waals surface area contributed by atoms with E-state index in [9.17, 15) is 18.4 Å². The molecule has 29 heavy (non-hydrogen) atoms. The van der Waals surface area contributed by atoms with E-state index in [-0.39, 0.29) is 29.2 Å². The van der Waals surface area contributed by atoms with E-state index >= 15 is 0 Å². The number of carbonyl (C=O) groups excluding carboxylic acids is 2. The molecule has 2 aromatic rings. The van der Waals surface area contributed by atoms with Crippen molar-refractivity contribution in [2.24, 2.45) is 5.92 Å². The molecule has 2 heterocycles. The molecule has 1 aliphatic heterocycles. The Kier molecular flexibility index (Phi) is 5.93. The van der Waals surface area contributed by atoms with E-state index < -0.39 is 29.6 Å². The number of nitrogens with one attached hydrogen (secondary N) is 1. The number of hydrogen-bond acceptors (Lipinski definition) is 5. The molecule has 1 aliphatic rings. The fourth-order valence-electron chi connectivity index (χ4n) is 3.61. The van der Waals surface area contributed by atoms with E-state index in [4.69, 9.17) is 9.47 Å². The molecular weight excluding hydrogens is 382 g/mol. The van der Waals surface area contributed by atoms with Crippen molar-refractivity contribution in [3.63, 3.8) is 0 Å². The Morgan fingerprint density at radius 3 is 2.59 bits per heavy atom. The van der Waals surface area contributed by atoms with Gasteiger partial charge in [-0.25, -0.2) is 4.39 Å². The van der Waals surface area contributed by atoms with E-state index in [0.717, 1.165) is 6.07 Å². The summed E-state index contributed by atoms with van der Waals surface area (Å²) in [6.07, 6.45) is 0.176. The summed E-state index contributed by atoms with van der Waals surface area (Å²) in [6, 6.07) is 5.45. The van der Waals surface area contributed by atoms with Gasteiger partial charge in [0.15, 0.2) is 17.3 Å². The molecular formula is C21H22F2N2O4. The van der Waals surface area contributed by atoms with Gasteiger partial charge in [-0.15, -0.1) is 0 Å². The molecule has 1 amide bonds. The Bertz CT molecular complexity index is 950. The number of benzene rings is 1. The zero-order chi connectivity index (χ0) is 21.3. The van der Waals surface area contributed by atoms with Gasteiger partial charge in [0, 0.05) is 30.3 Å². The van der Waals surface area contributed by atoms with Crippen LogP contribution < -0.4 is 10.1 Å². The molecule has 1 N–H and O–H groups in total. The van der Waals surface area contributed by atoms with Crippen LogP contribution in [0.4, 0.5) is 14.5 Å². The van der Waals surface area contributed by atoms with Gasteiger partial charge in [0.25, 0.3) is 5.91 Å². The first kappa shape index (κ1) is 20.9. The van der Waals surface area contributed by atoms with Crippen LogP contribution in [-0.4, -0.2) is 36.0 Å². The largest absolute Gasteiger partial charge is 0.493 e. The lowest BCUT2D eigenvalue weighted by Crippen LogP contribution is -2.33. The van der Waals surface area contributed by atoms with Crippen LogP contribution in [0.3, 0.4) is 0 Å². The maximum Gasteiger partial charge on any atom is 0.254 e. The number of hydrogen-bond donors (Lipinski definition) is 1. The van der Waals surface area contributed by atoms with Crippen molar-refractivity contribution >= 4 is 17.4 Å². The fraction of sp³-hybridized carbons (Fsp3) is 0.381. The number of amides is 1. The topological polar surface area (TPSA) is 77.5 Å². The summed E-state index contributed by atoms with van der Waals surface area (Å²) in [5, 5.41) is 2.72. The zero-order valence-corrected chi connectivity index (χ0v) is 16.5. The van der Waals surface area contributed by atoms with Crippen LogP contribution >= 0.6 is 0 Å². The van der Waals surface area contributed by atoms with Gasteiger partial charge in [0.2, 0.25) is 5.82 Å². The smallest absolute Gasteiger partial charge is 0.254 e. The number of pyridine rings is 1. The van der Waals surface area contributed by atoms with Crippen molar-refractivity contribution in [3.05, 3.63) is 53.4 Å². The second-order valence-electron chi connectivity index (χ2n) is 7.11. The van der Waals surface area contributed by atoms with Crippen LogP contribution in [-0.2, 0) is 9.53 Å². The SMILES string of the molecule is COc1c([C@@H]2[C@H](C)[C@H](C)O[C@H]2C(=O)Nc2ccnc(C(C)=O)c2)ccc(F)c1F. The molecule has 8 heteroatoms. The minimum atomic E-state index is -1.10. The first-order valence-electron chi connectivity index (χ1n) is 9.19. The maximum absolute atomic E-state index is 14.3. The number of ether oxygens (including phenoxy) is 2. The van der Waals surface area contributed by atoms with Gasteiger partial charge >= 0.3 is 0 Å². The van der Waals surface area contributed by atoms with Crippen molar-refractivity contribution in [1.82, 2.24) is 4.98 Å². The molecule has 0 spiro atoms. The summed E-state index contributed by atoms with van der Waals surface area (Å²) in [7, 11) is 1.25. The monoisotopic (exact) mass is 404 g/mol. The van der Waals surface area contributed by atoms with Crippen molar-refractivity contribution in [1.29, 1.82) is 0 Å². The van der Waals surface area contributed by atoms with E-state index in [1.807, 2.05) is 13.8 Å². The highest BCUT2D eigenvalue weighted by molar-refractivity contribution is 5.97. The second kappa shape index (κ2) is 8.24. The first-order chi connectivity index (χ1) is 13.7. The molecule has 3 rings (SSSR count). The van der Waals surface area contributed by atoms with Crippen molar-refractivity contribution in [3.8, 4) is 5.75 Å². The highest BCUT2D eigenvalue weighted by atomic mass is 19.2. The third kappa shape index (κ3) is 3.98. The summed E-state index contributed by atoms with van der Waals surface area (Å²) < 4.78 is 38.9. The zero-order valence-electron chi connectivity index (χ0n) is 16.5. The molecule has 6 nitrogen and oxygen atoms in total. The third-order valence-corrected chi connectivity index (χ3v) is 5.28. The molecule has 4 atom stereocenters.